The highest BCUT2D eigenvalue weighted by Gasteiger charge is 2.45. The lowest BCUT2D eigenvalue weighted by molar-refractivity contribution is -0.746. The summed E-state index contributed by atoms with van der Waals surface area (Å²) >= 11 is 5.62. The first-order valence-corrected chi connectivity index (χ1v) is 10.9. The van der Waals surface area contributed by atoms with Crippen LogP contribution in [0.5, 0.6) is 11.7 Å². The number of nitrogens with one attached hydrogen (secondary N) is 1. The van der Waals surface area contributed by atoms with Gasteiger partial charge in [0.15, 0.2) is 18.1 Å². The average Bonchev–Trinajstić information content (AvgIpc) is 3.25. The molecule has 1 unspecified atom stereocenters. The average molecular weight is 482 g/mol. The van der Waals surface area contributed by atoms with Crippen molar-refractivity contribution in [3.63, 3.8) is 0 Å². The Kier molecular flexibility index (Phi) is 6.46. The minimum absolute atomic E-state index is 0.0355. The van der Waals surface area contributed by atoms with E-state index in [1.54, 1.807) is 55.5 Å². The Labute approximate surface area is 201 Å². The maximum atomic E-state index is 13.5. The standard InChI is InChI=1S/C23H23N5O5S/c1-14-4-8-16(9-5-14)28-21(30)18(12-20(29)24-15-6-10-17(32-3)11-7-15)27(23(28)34)13-19-22(31)33-25-26(19)2/h4-11,18H,12-13H2,1-3H3,(H-,24,25,29,31). The molecule has 10 nitrogen and oxygen atoms in total. The lowest BCUT2D eigenvalue weighted by Crippen LogP contribution is -2.42. The van der Waals surface area contributed by atoms with Crippen molar-refractivity contribution in [3.05, 3.63) is 59.8 Å². The fraction of sp³-hybridized carbons (Fsp3) is 0.261. The number of carbonyl (C=O) groups excluding carboxylic acids is 2. The molecule has 4 rings (SSSR count). The monoisotopic (exact) mass is 481 g/mol. The molecule has 2 heterocycles. The van der Waals surface area contributed by atoms with Gasteiger partial charge in [-0.3, -0.25) is 14.5 Å². The number of methoxy groups -OCH3 is 1. The quantitative estimate of drug-likeness (QED) is 0.398. The molecule has 1 fully saturated rings. The fourth-order valence-electron chi connectivity index (χ4n) is 3.67. The lowest BCUT2D eigenvalue weighted by atomic mass is 10.1. The minimum atomic E-state index is -0.915. The molecule has 0 spiro atoms. The molecule has 34 heavy (non-hydrogen) atoms. The van der Waals surface area contributed by atoms with Gasteiger partial charge in [-0.1, -0.05) is 22.4 Å². The lowest BCUT2D eigenvalue weighted by Gasteiger charge is -2.22. The number of anilines is 2. The van der Waals surface area contributed by atoms with Gasteiger partial charge < -0.3 is 24.6 Å². The molecule has 2 amide bonds. The van der Waals surface area contributed by atoms with Gasteiger partial charge in [0.25, 0.3) is 11.6 Å². The summed E-state index contributed by atoms with van der Waals surface area (Å²) < 4.78 is 11.1. The maximum Gasteiger partial charge on any atom is 0.256 e. The van der Waals surface area contributed by atoms with Crippen LogP contribution in [-0.2, 0) is 23.2 Å². The summed E-state index contributed by atoms with van der Waals surface area (Å²) in [6.45, 7) is 1.90. The van der Waals surface area contributed by atoms with E-state index in [0.29, 0.717) is 17.1 Å². The van der Waals surface area contributed by atoms with Crippen LogP contribution in [0.25, 0.3) is 0 Å². The maximum absolute atomic E-state index is 13.5. The number of hydrogen-bond acceptors (Lipinski definition) is 7. The second-order valence-electron chi connectivity index (χ2n) is 7.85. The third kappa shape index (κ3) is 4.55. The van der Waals surface area contributed by atoms with Gasteiger partial charge in [0.05, 0.1) is 24.5 Å². The van der Waals surface area contributed by atoms with Crippen molar-refractivity contribution in [2.75, 3.05) is 17.3 Å². The molecule has 0 bridgehead atoms. The Morgan fingerprint density at radius 2 is 1.91 bits per heavy atom. The van der Waals surface area contributed by atoms with Crippen LogP contribution >= 0.6 is 12.2 Å². The van der Waals surface area contributed by atoms with E-state index in [9.17, 15) is 14.7 Å². The third-order valence-electron chi connectivity index (χ3n) is 5.56. The van der Waals surface area contributed by atoms with Crippen LogP contribution in [0.15, 0.2) is 53.1 Å². The van der Waals surface area contributed by atoms with Crippen LogP contribution in [0, 0.1) is 6.92 Å². The summed E-state index contributed by atoms with van der Waals surface area (Å²) in [5.41, 5.74) is 2.39. The molecular formula is C23H23N5O5S. The molecule has 0 saturated carbocycles. The second kappa shape index (κ2) is 9.48. The molecule has 1 aromatic heterocycles. The molecule has 0 aliphatic carbocycles. The summed E-state index contributed by atoms with van der Waals surface area (Å²) in [5.74, 6) is -0.707. The van der Waals surface area contributed by atoms with Gasteiger partial charge in [-0.2, -0.15) is 0 Å². The first kappa shape index (κ1) is 23.2. The molecular weight excluding hydrogens is 458 g/mol. The van der Waals surface area contributed by atoms with Gasteiger partial charge in [-0.15, -0.1) is 0 Å². The molecule has 1 N–H and O–H groups in total. The Hall–Kier alpha value is -3.99. The highest BCUT2D eigenvalue weighted by molar-refractivity contribution is 7.80. The molecule has 0 radical (unpaired) electrons. The fourth-order valence-corrected chi connectivity index (χ4v) is 4.05. The number of hydrogen-bond donors (Lipinski definition) is 1. The smallest absolute Gasteiger partial charge is 0.256 e. The van der Waals surface area contributed by atoms with E-state index in [1.165, 1.54) is 9.58 Å². The summed E-state index contributed by atoms with van der Waals surface area (Å²) in [6.07, 6.45) is -0.170. The molecule has 1 aliphatic rings. The number of nitrogens with zero attached hydrogens (tertiary/aromatic N) is 4. The second-order valence-corrected chi connectivity index (χ2v) is 8.21. The van der Waals surface area contributed by atoms with E-state index in [2.05, 4.69) is 10.6 Å². The zero-order chi connectivity index (χ0) is 24.4. The normalized spacial score (nSPS) is 15.7. The predicted octanol–water partition coefficient (Wildman–Crippen LogP) is 1.42. The van der Waals surface area contributed by atoms with Crippen molar-refractivity contribution in [2.45, 2.75) is 25.9 Å². The Morgan fingerprint density at radius 3 is 2.50 bits per heavy atom. The molecule has 11 heteroatoms. The van der Waals surface area contributed by atoms with Gasteiger partial charge in [-0.05, 0) is 55.5 Å². The summed E-state index contributed by atoms with van der Waals surface area (Å²) in [7, 11) is 3.11. The van der Waals surface area contributed by atoms with Crippen molar-refractivity contribution in [3.8, 4) is 11.7 Å². The number of rotatable bonds is 7. The number of ether oxygens (including phenoxy) is 1. The Morgan fingerprint density at radius 1 is 1.24 bits per heavy atom. The van der Waals surface area contributed by atoms with Crippen LogP contribution in [0.4, 0.5) is 11.4 Å². The predicted molar refractivity (Wildman–Crippen MR) is 124 cm³/mol. The first-order chi connectivity index (χ1) is 16.3. The number of thiocarbonyl (C=S) groups is 1. The van der Waals surface area contributed by atoms with Crippen molar-refractivity contribution in [1.82, 2.24) is 10.2 Å². The number of aryl methyl sites for hydroxylation is 2. The molecule has 1 atom stereocenters. The minimum Gasteiger partial charge on any atom is -0.539 e. The SMILES string of the molecule is COc1ccc(NC(=O)CC2C(=O)N(c3ccc(C)cc3)C(=S)N2Cc2c([O-])on[n+]2C)cc1. The van der Waals surface area contributed by atoms with E-state index in [4.69, 9.17) is 21.5 Å². The van der Waals surface area contributed by atoms with E-state index in [-0.39, 0.29) is 35.6 Å². The van der Waals surface area contributed by atoms with Crippen molar-refractivity contribution in [1.29, 1.82) is 0 Å². The molecule has 1 saturated heterocycles. The topological polar surface area (TPSA) is 115 Å². The molecule has 3 aromatic rings. The highest BCUT2D eigenvalue weighted by Crippen LogP contribution is 2.29. The van der Waals surface area contributed by atoms with E-state index in [0.717, 1.165) is 5.56 Å². The molecule has 2 aromatic carbocycles. The van der Waals surface area contributed by atoms with Crippen LogP contribution in [0.1, 0.15) is 17.7 Å². The van der Waals surface area contributed by atoms with Gasteiger partial charge in [0.2, 0.25) is 5.91 Å². The molecule has 1 aliphatic heterocycles. The van der Waals surface area contributed by atoms with Crippen LogP contribution in [0.2, 0.25) is 0 Å². The van der Waals surface area contributed by atoms with Crippen molar-refractivity contribution < 1.29 is 28.6 Å². The number of amides is 2. The Balaban J connectivity index is 1.60. The van der Waals surface area contributed by atoms with Gasteiger partial charge >= 0.3 is 0 Å². The Bertz CT molecular complexity index is 1210. The zero-order valence-electron chi connectivity index (χ0n) is 18.8. The summed E-state index contributed by atoms with van der Waals surface area (Å²) in [6, 6.07) is 13.2. The van der Waals surface area contributed by atoms with Gasteiger partial charge in [0.1, 0.15) is 18.3 Å². The number of benzene rings is 2. The number of carbonyl (C=O) groups is 2. The zero-order valence-corrected chi connectivity index (χ0v) is 19.7. The van der Waals surface area contributed by atoms with Crippen LogP contribution < -0.4 is 24.7 Å². The third-order valence-corrected chi connectivity index (χ3v) is 5.97. The first-order valence-electron chi connectivity index (χ1n) is 10.5. The van der Waals surface area contributed by atoms with E-state index in [1.807, 2.05) is 19.1 Å². The largest absolute Gasteiger partial charge is 0.539 e. The van der Waals surface area contributed by atoms with Gasteiger partial charge in [0, 0.05) is 5.69 Å². The highest BCUT2D eigenvalue weighted by atomic mass is 32.1. The van der Waals surface area contributed by atoms with E-state index >= 15 is 0 Å². The molecule has 176 valence electrons. The van der Waals surface area contributed by atoms with Crippen LogP contribution in [-0.4, -0.2) is 40.2 Å². The summed E-state index contributed by atoms with van der Waals surface area (Å²) in [5, 5.41) is 18.7. The van der Waals surface area contributed by atoms with E-state index < -0.39 is 12.0 Å². The van der Waals surface area contributed by atoms with Crippen LogP contribution in [0.3, 0.4) is 0 Å². The summed E-state index contributed by atoms with van der Waals surface area (Å²) in [4.78, 5) is 29.3. The van der Waals surface area contributed by atoms with Crippen molar-refractivity contribution >= 4 is 40.5 Å². The number of aromatic nitrogens is 2. The van der Waals surface area contributed by atoms with Gasteiger partial charge in [-0.25, -0.2) is 0 Å². The van der Waals surface area contributed by atoms with Crippen molar-refractivity contribution in [2.24, 2.45) is 7.05 Å².